The lowest BCUT2D eigenvalue weighted by Crippen LogP contribution is -2.51. The first kappa shape index (κ1) is 19.4. The Bertz CT molecular complexity index is 1230. The molecule has 2 unspecified atom stereocenters. The van der Waals surface area contributed by atoms with Crippen LogP contribution in [-0.2, 0) is 4.79 Å². The van der Waals surface area contributed by atoms with Crippen LogP contribution in [0.25, 0.3) is 22.4 Å². The van der Waals surface area contributed by atoms with Crippen LogP contribution in [0, 0.1) is 40.7 Å². The van der Waals surface area contributed by atoms with E-state index in [4.69, 9.17) is 0 Å². The number of nitrogens with zero attached hydrogens (tertiary/aromatic N) is 4. The fourth-order valence-electron chi connectivity index (χ4n) is 5.09. The van der Waals surface area contributed by atoms with Crippen LogP contribution in [-0.4, -0.2) is 37.3 Å². The highest BCUT2D eigenvalue weighted by Crippen LogP contribution is 2.46. The Morgan fingerprint density at radius 2 is 1.97 bits per heavy atom. The van der Waals surface area contributed by atoms with Crippen LogP contribution in [0.4, 0.5) is 14.6 Å². The minimum Gasteiger partial charge on any atom is -0.481 e. The van der Waals surface area contributed by atoms with Crippen LogP contribution in [0.2, 0.25) is 0 Å². The molecule has 3 aliphatic rings. The molecule has 158 valence electrons. The number of carboxylic acids is 1. The molecule has 2 bridgehead atoms. The van der Waals surface area contributed by atoms with E-state index in [1.807, 2.05) is 6.07 Å². The molecule has 3 saturated carbocycles. The van der Waals surface area contributed by atoms with Gasteiger partial charge in [0.25, 0.3) is 0 Å². The summed E-state index contributed by atoms with van der Waals surface area (Å²) in [6.45, 7) is 0. The summed E-state index contributed by atoms with van der Waals surface area (Å²) in [7, 11) is 0. The Kier molecular flexibility index (Phi) is 4.54. The minimum atomic E-state index is -0.901. The zero-order valence-corrected chi connectivity index (χ0v) is 16.3. The van der Waals surface area contributed by atoms with Crippen LogP contribution in [0.5, 0.6) is 0 Å². The number of pyridine rings is 2. The third-order valence-electron chi connectivity index (χ3n) is 6.52. The molecule has 3 heterocycles. The number of aromatic amines is 1. The molecule has 31 heavy (non-hydrogen) atoms. The summed E-state index contributed by atoms with van der Waals surface area (Å²) in [5.74, 6) is -2.84. The Labute approximate surface area is 175 Å². The highest BCUT2D eigenvalue weighted by atomic mass is 19.1. The normalized spacial score (nSPS) is 24.8. The number of fused-ring (bicyclic) bond motifs is 4. The van der Waals surface area contributed by atoms with Crippen LogP contribution in [0.1, 0.15) is 31.2 Å². The molecule has 0 spiro atoms. The molecule has 0 amide bonds. The summed E-state index contributed by atoms with van der Waals surface area (Å²) in [4.78, 5) is 20.1. The molecule has 3 aromatic heterocycles. The Morgan fingerprint density at radius 1 is 1.23 bits per heavy atom. The minimum absolute atomic E-state index is 0.0477. The van der Waals surface area contributed by atoms with Crippen molar-refractivity contribution < 1.29 is 18.7 Å². The number of halogens is 2. The fraction of sp³-hybridized carbons (Fsp3) is 0.381. The second-order valence-electron chi connectivity index (χ2n) is 8.16. The van der Waals surface area contributed by atoms with Crippen molar-refractivity contribution in [3.63, 3.8) is 0 Å². The molecule has 6 rings (SSSR count). The first-order valence-electron chi connectivity index (χ1n) is 10.1. The smallest absolute Gasteiger partial charge is 0.308 e. The molecule has 2 atom stereocenters. The van der Waals surface area contributed by atoms with Crippen LogP contribution in [0.15, 0.2) is 18.3 Å². The molecule has 3 N–H and O–H groups in total. The molecular weight excluding hydrogens is 406 g/mol. The molecule has 8 nitrogen and oxygen atoms in total. The number of nitriles is 1. The van der Waals surface area contributed by atoms with E-state index in [0.29, 0.717) is 5.39 Å². The molecule has 3 aliphatic carbocycles. The summed E-state index contributed by atoms with van der Waals surface area (Å²) in [6, 6.07) is 3.70. The fourth-order valence-corrected chi connectivity index (χ4v) is 5.09. The van der Waals surface area contributed by atoms with Gasteiger partial charge in [0, 0.05) is 6.04 Å². The molecule has 0 aliphatic heterocycles. The quantitative estimate of drug-likeness (QED) is 0.585. The molecule has 3 aromatic rings. The van der Waals surface area contributed by atoms with Gasteiger partial charge in [-0.3, -0.25) is 9.89 Å². The zero-order chi connectivity index (χ0) is 21.7. The van der Waals surface area contributed by atoms with Gasteiger partial charge in [0.2, 0.25) is 0 Å². The molecule has 10 heteroatoms. The lowest BCUT2D eigenvalue weighted by Gasteiger charge is -2.47. The van der Waals surface area contributed by atoms with E-state index in [0.717, 1.165) is 37.9 Å². The van der Waals surface area contributed by atoms with Crippen molar-refractivity contribution in [2.75, 3.05) is 5.32 Å². The van der Waals surface area contributed by atoms with Crippen molar-refractivity contribution in [2.24, 2.45) is 17.8 Å². The van der Waals surface area contributed by atoms with Crippen LogP contribution < -0.4 is 5.32 Å². The highest BCUT2D eigenvalue weighted by Gasteiger charge is 2.47. The molecule has 0 saturated heterocycles. The van der Waals surface area contributed by atoms with Crippen LogP contribution in [0.3, 0.4) is 0 Å². The van der Waals surface area contributed by atoms with Crippen molar-refractivity contribution in [1.29, 1.82) is 5.26 Å². The predicted molar refractivity (Wildman–Crippen MR) is 106 cm³/mol. The van der Waals surface area contributed by atoms with E-state index in [2.05, 4.69) is 25.5 Å². The van der Waals surface area contributed by atoms with Crippen LogP contribution >= 0.6 is 0 Å². The number of aliphatic carboxylic acids is 1. The van der Waals surface area contributed by atoms with Gasteiger partial charge in [0.15, 0.2) is 17.3 Å². The first-order chi connectivity index (χ1) is 15.0. The predicted octanol–water partition coefficient (Wildman–Crippen LogP) is 3.47. The average Bonchev–Trinajstić information content (AvgIpc) is 3.18. The second-order valence-corrected chi connectivity index (χ2v) is 8.16. The standard InChI is InChI=1S/C21H18F2N6O2/c22-12-6-13-18(28-29-19(13)25-8-12)17-11(7-24)5-14(23)20(27-17)26-16-10-3-1-9(2-4-10)15(16)21(30)31/h5-6,8-10,15-16H,1-4H2,(H,26,27)(H,30,31)(H,25,28,29). The van der Waals surface area contributed by atoms with Gasteiger partial charge >= 0.3 is 5.97 Å². The monoisotopic (exact) mass is 424 g/mol. The van der Waals surface area contributed by atoms with E-state index in [1.54, 1.807) is 0 Å². The summed E-state index contributed by atoms with van der Waals surface area (Å²) in [6.07, 6.45) is 4.49. The molecule has 0 aromatic carbocycles. The third kappa shape index (κ3) is 3.17. The maximum absolute atomic E-state index is 14.8. The number of aromatic nitrogens is 4. The van der Waals surface area contributed by atoms with Crippen molar-refractivity contribution in [3.8, 4) is 17.5 Å². The second kappa shape index (κ2) is 7.27. The Morgan fingerprint density at radius 3 is 2.68 bits per heavy atom. The van der Waals surface area contributed by atoms with Gasteiger partial charge in [0.1, 0.15) is 17.6 Å². The van der Waals surface area contributed by atoms with Gasteiger partial charge in [-0.15, -0.1) is 0 Å². The van der Waals surface area contributed by atoms with Gasteiger partial charge in [-0.2, -0.15) is 10.4 Å². The maximum atomic E-state index is 14.8. The van der Waals surface area contributed by atoms with Crippen molar-refractivity contribution in [2.45, 2.75) is 31.7 Å². The SMILES string of the molecule is N#Cc1cc(F)c(NC2C3CCC(CC3)C2C(=O)O)nc1-c1[nH]nc2ncc(F)cc12. The van der Waals surface area contributed by atoms with E-state index >= 15 is 0 Å². The maximum Gasteiger partial charge on any atom is 0.308 e. The lowest BCUT2D eigenvalue weighted by atomic mass is 9.61. The van der Waals surface area contributed by atoms with Gasteiger partial charge < -0.3 is 10.4 Å². The van der Waals surface area contributed by atoms with Crippen molar-refractivity contribution in [3.05, 3.63) is 35.5 Å². The molecule has 0 radical (unpaired) electrons. The molecular formula is C21H18F2N6O2. The summed E-state index contributed by atoms with van der Waals surface area (Å²) in [5.41, 5.74) is 0.505. The number of anilines is 1. The topological polar surface area (TPSA) is 128 Å². The lowest BCUT2D eigenvalue weighted by molar-refractivity contribution is -0.148. The van der Waals surface area contributed by atoms with Crippen molar-refractivity contribution in [1.82, 2.24) is 20.2 Å². The van der Waals surface area contributed by atoms with E-state index in [1.165, 1.54) is 6.07 Å². The van der Waals surface area contributed by atoms with Gasteiger partial charge in [-0.1, -0.05) is 0 Å². The first-order valence-corrected chi connectivity index (χ1v) is 10.1. The Hall–Kier alpha value is -3.61. The Balaban J connectivity index is 1.58. The van der Waals surface area contributed by atoms with E-state index in [-0.39, 0.29) is 40.3 Å². The average molecular weight is 424 g/mol. The van der Waals surface area contributed by atoms with Gasteiger partial charge in [-0.25, -0.2) is 18.7 Å². The van der Waals surface area contributed by atoms with Gasteiger partial charge in [0.05, 0.1) is 28.8 Å². The number of carboxylic acid groups (broad SMARTS) is 1. The van der Waals surface area contributed by atoms with E-state index in [9.17, 15) is 23.9 Å². The number of hydrogen-bond donors (Lipinski definition) is 3. The highest BCUT2D eigenvalue weighted by molar-refractivity contribution is 5.91. The largest absolute Gasteiger partial charge is 0.481 e. The van der Waals surface area contributed by atoms with E-state index < -0.39 is 29.6 Å². The third-order valence-corrected chi connectivity index (χ3v) is 6.52. The summed E-state index contributed by atoms with van der Waals surface area (Å²) in [5, 5.41) is 29.3. The number of rotatable bonds is 4. The van der Waals surface area contributed by atoms with Gasteiger partial charge in [-0.05, 0) is 49.7 Å². The summed E-state index contributed by atoms with van der Waals surface area (Å²) >= 11 is 0. The zero-order valence-electron chi connectivity index (χ0n) is 16.3. The number of carbonyl (C=O) groups is 1. The number of H-pyrrole nitrogens is 1. The summed E-state index contributed by atoms with van der Waals surface area (Å²) < 4.78 is 28.6. The number of nitrogens with one attached hydrogen (secondary N) is 2. The number of hydrogen-bond acceptors (Lipinski definition) is 6. The van der Waals surface area contributed by atoms with Crippen molar-refractivity contribution >= 4 is 22.8 Å². The molecule has 3 fully saturated rings.